The maximum atomic E-state index is 3.58. The highest BCUT2D eigenvalue weighted by molar-refractivity contribution is 9.10. The predicted molar refractivity (Wildman–Crippen MR) is 85.7 cm³/mol. The quantitative estimate of drug-likeness (QED) is 0.885. The number of aromatic amines is 1. The van der Waals surface area contributed by atoms with Crippen LogP contribution in [0.1, 0.15) is 12.5 Å². The largest absolute Gasteiger partial charge is 0.361 e. The zero-order valence-corrected chi connectivity index (χ0v) is 13.3. The molecule has 2 saturated heterocycles. The molecular formula is C16H20BrN3. The summed E-state index contributed by atoms with van der Waals surface area (Å²) in [5.41, 5.74) is 2.65. The zero-order chi connectivity index (χ0) is 13.7. The smallest absolute Gasteiger partial charge is 0.0458 e. The molecule has 0 radical (unpaired) electrons. The Morgan fingerprint density at radius 1 is 1.35 bits per heavy atom. The third-order valence-corrected chi connectivity index (χ3v) is 5.65. The van der Waals surface area contributed by atoms with Gasteiger partial charge in [-0.05, 0) is 55.6 Å². The third kappa shape index (κ3) is 2.01. The van der Waals surface area contributed by atoms with Crippen molar-refractivity contribution < 1.29 is 0 Å². The lowest BCUT2D eigenvalue weighted by Crippen LogP contribution is -2.32. The van der Waals surface area contributed by atoms with E-state index < -0.39 is 0 Å². The minimum atomic E-state index is 0.687. The Morgan fingerprint density at radius 3 is 3.10 bits per heavy atom. The molecule has 1 aromatic carbocycles. The normalized spacial score (nSPS) is 30.2. The summed E-state index contributed by atoms with van der Waals surface area (Å²) in [4.78, 5) is 6.05. The lowest BCUT2D eigenvalue weighted by molar-refractivity contribution is 0.232. The number of H-pyrrole nitrogens is 1. The van der Waals surface area contributed by atoms with Gasteiger partial charge in [0.05, 0.1) is 0 Å². The second kappa shape index (κ2) is 4.86. The fourth-order valence-electron chi connectivity index (χ4n) is 3.96. The first kappa shape index (κ1) is 12.9. The van der Waals surface area contributed by atoms with Crippen molar-refractivity contribution >= 4 is 26.8 Å². The van der Waals surface area contributed by atoms with Gasteiger partial charge in [-0.25, -0.2) is 0 Å². The molecule has 0 bridgehead atoms. The van der Waals surface area contributed by atoms with E-state index in [2.05, 4.69) is 62.5 Å². The molecule has 2 aliphatic heterocycles. The van der Waals surface area contributed by atoms with Crippen molar-refractivity contribution in [3.63, 3.8) is 0 Å². The highest BCUT2D eigenvalue weighted by atomic mass is 79.9. The molecule has 4 heteroatoms. The van der Waals surface area contributed by atoms with Crippen LogP contribution in [0.25, 0.3) is 10.9 Å². The molecule has 2 aromatic rings. The van der Waals surface area contributed by atoms with Crippen molar-refractivity contribution in [2.24, 2.45) is 11.8 Å². The van der Waals surface area contributed by atoms with Crippen LogP contribution in [0.15, 0.2) is 28.9 Å². The number of nitrogens with one attached hydrogen (secondary N) is 2. The van der Waals surface area contributed by atoms with E-state index in [9.17, 15) is 0 Å². The molecule has 0 spiro atoms. The van der Waals surface area contributed by atoms with Crippen molar-refractivity contribution in [3.8, 4) is 0 Å². The van der Waals surface area contributed by atoms with Gasteiger partial charge < -0.3 is 10.3 Å². The average Bonchev–Trinajstić information content (AvgIpc) is 3.10. The number of halogens is 1. The molecule has 0 amide bonds. The molecule has 2 N–H and O–H groups in total. The number of nitrogens with zero attached hydrogens (tertiary/aromatic N) is 1. The van der Waals surface area contributed by atoms with Gasteiger partial charge in [-0.3, -0.25) is 4.90 Å². The van der Waals surface area contributed by atoms with E-state index in [1.807, 2.05) is 0 Å². The molecule has 2 aliphatic rings. The summed E-state index contributed by atoms with van der Waals surface area (Å²) < 4.78 is 1.15. The third-order valence-electron chi connectivity index (χ3n) is 5.16. The van der Waals surface area contributed by atoms with Gasteiger partial charge >= 0.3 is 0 Å². The van der Waals surface area contributed by atoms with Crippen LogP contribution in [0.5, 0.6) is 0 Å². The summed E-state index contributed by atoms with van der Waals surface area (Å²) in [6.45, 7) is 7.08. The monoisotopic (exact) mass is 333 g/mol. The lowest BCUT2D eigenvalue weighted by Gasteiger charge is -2.24. The van der Waals surface area contributed by atoms with Crippen molar-refractivity contribution in [2.75, 3.05) is 19.6 Å². The number of benzene rings is 1. The zero-order valence-electron chi connectivity index (χ0n) is 11.7. The minimum Gasteiger partial charge on any atom is -0.361 e. The highest BCUT2D eigenvalue weighted by Gasteiger charge is 2.41. The van der Waals surface area contributed by atoms with Crippen molar-refractivity contribution in [1.29, 1.82) is 0 Å². The maximum absolute atomic E-state index is 3.58. The Morgan fingerprint density at radius 2 is 2.25 bits per heavy atom. The SMILES string of the molecule is CC1C2CNCC2CN1Cc1c[nH]c2ccc(Br)cc12. The van der Waals surface area contributed by atoms with E-state index in [0.717, 1.165) is 22.9 Å². The van der Waals surface area contributed by atoms with Crippen LogP contribution in [0.3, 0.4) is 0 Å². The van der Waals surface area contributed by atoms with Crippen LogP contribution < -0.4 is 5.32 Å². The van der Waals surface area contributed by atoms with Crippen LogP contribution in [-0.4, -0.2) is 35.6 Å². The molecule has 3 nitrogen and oxygen atoms in total. The minimum absolute atomic E-state index is 0.687. The first-order valence-electron chi connectivity index (χ1n) is 7.42. The molecular weight excluding hydrogens is 314 g/mol. The van der Waals surface area contributed by atoms with E-state index >= 15 is 0 Å². The van der Waals surface area contributed by atoms with Crippen LogP contribution >= 0.6 is 15.9 Å². The van der Waals surface area contributed by atoms with Crippen molar-refractivity contribution in [1.82, 2.24) is 15.2 Å². The fourth-order valence-corrected chi connectivity index (χ4v) is 4.33. The van der Waals surface area contributed by atoms with Crippen LogP contribution in [0.2, 0.25) is 0 Å². The Balaban J connectivity index is 1.60. The van der Waals surface area contributed by atoms with E-state index in [-0.39, 0.29) is 0 Å². The van der Waals surface area contributed by atoms with Gasteiger partial charge in [0.2, 0.25) is 0 Å². The van der Waals surface area contributed by atoms with Crippen molar-refractivity contribution in [3.05, 3.63) is 34.4 Å². The Hall–Kier alpha value is -0.840. The Kier molecular flexibility index (Phi) is 3.13. The molecule has 4 rings (SSSR count). The number of rotatable bonds is 2. The van der Waals surface area contributed by atoms with Gasteiger partial charge in [0, 0.05) is 40.7 Å². The summed E-state index contributed by atoms with van der Waals surface area (Å²) in [5, 5.41) is 4.88. The average molecular weight is 334 g/mol. The van der Waals surface area contributed by atoms with Gasteiger partial charge in [0.15, 0.2) is 0 Å². The number of fused-ring (bicyclic) bond motifs is 2. The summed E-state index contributed by atoms with van der Waals surface area (Å²) in [6, 6.07) is 7.16. The number of likely N-dealkylation sites (tertiary alicyclic amines) is 1. The van der Waals surface area contributed by atoms with Crippen LogP contribution in [0.4, 0.5) is 0 Å². The highest BCUT2D eigenvalue weighted by Crippen LogP contribution is 2.34. The van der Waals surface area contributed by atoms with E-state index in [4.69, 9.17) is 0 Å². The molecule has 2 fully saturated rings. The van der Waals surface area contributed by atoms with Gasteiger partial charge in [-0.2, -0.15) is 0 Å². The number of hydrogen-bond donors (Lipinski definition) is 2. The summed E-state index contributed by atoms with van der Waals surface area (Å²) in [7, 11) is 0. The standard InChI is InChI=1S/C16H20BrN3/c1-10-15-7-18-5-11(15)8-20(10)9-12-6-19-16-3-2-13(17)4-14(12)16/h2-4,6,10-11,15,18-19H,5,7-9H2,1H3. The number of aromatic nitrogens is 1. The van der Waals surface area contributed by atoms with Gasteiger partial charge in [0.25, 0.3) is 0 Å². The first-order valence-corrected chi connectivity index (χ1v) is 8.22. The van der Waals surface area contributed by atoms with E-state index in [1.54, 1.807) is 0 Å². The molecule has 3 heterocycles. The molecule has 3 atom stereocenters. The van der Waals surface area contributed by atoms with Crippen LogP contribution in [-0.2, 0) is 6.54 Å². The molecule has 1 aromatic heterocycles. The number of hydrogen-bond acceptors (Lipinski definition) is 2. The second-order valence-electron chi connectivity index (χ2n) is 6.26. The summed E-state index contributed by atoms with van der Waals surface area (Å²) in [5.74, 6) is 1.69. The summed E-state index contributed by atoms with van der Waals surface area (Å²) in [6.07, 6.45) is 2.18. The molecule has 3 unspecified atom stereocenters. The lowest BCUT2D eigenvalue weighted by atomic mass is 9.95. The fraction of sp³-hybridized carbons (Fsp3) is 0.500. The Bertz CT molecular complexity index is 636. The maximum Gasteiger partial charge on any atom is 0.0458 e. The van der Waals surface area contributed by atoms with Crippen molar-refractivity contribution in [2.45, 2.75) is 19.5 Å². The van der Waals surface area contributed by atoms with E-state index in [0.29, 0.717) is 6.04 Å². The predicted octanol–water partition coefficient (Wildman–Crippen LogP) is 2.97. The molecule has 20 heavy (non-hydrogen) atoms. The van der Waals surface area contributed by atoms with Gasteiger partial charge in [-0.15, -0.1) is 0 Å². The Labute approximate surface area is 127 Å². The first-order chi connectivity index (χ1) is 9.72. The topological polar surface area (TPSA) is 31.1 Å². The van der Waals surface area contributed by atoms with Gasteiger partial charge in [0.1, 0.15) is 0 Å². The second-order valence-corrected chi connectivity index (χ2v) is 7.17. The summed E-state index contributed by atoms with van der Waals surface area (Å²) >= 11 is 3.58. The molecule has 0 saturated carbocycles. The molecule has 0 aliphatic carbocycles. The van der Waals surface area contributed by atoms with Gasteiger partial charge in [-0.1, -0.05) is 15.9 Å². The van der Waals surface area contributed by atoms with E-state index in [1.165, 1.54) is 36.1 Å². The van der Waals surface area contributed by atoms with Crippen LogP contribution in [0, 0.1) is 11.8 Å². The molecule has 106 valence electrons.